The molecule has 10 heteroatoms. The first-order valence-electron chi connectivity index (χ1n) is 14.1. The quantitative estimate of drug-likeness (QED) is 0.235. The van der Waals surface area contributed by atoms with Crippen molar-refractivity contribution in [2.75, 3.05) is 11.4 Å². The van der Waals surface area contributed by atoms with Gasteiger partial charge in [0.25, 0.3) is 0 Å². The first kappa shape index (κ1) is 27.2. The number of anilines is 1. The van der Waals surface area contributed by atoms with Crippen molar-refractivity contribution in [3.63, 3.8) is 0 Å². The van der Waals surface area contributed by atoms with E-state index in [1.165, 1.54) is 4.68 Å². The lowest BCUT2D eigenvalue weighted by atomic mass is 9.98. The number of para-hydroxylation sites is 1. The van der Waals surface area contributed by atoms with Crippen molar-refractivity contribution < 1.29 is 14.7 Å². The normalized spacial score (nSPS) is 16.6. The maximum Gasteiger partial charge on any atom is 0.344 e. The average Bonchev–Trinajstić information content (AvgIpc) is 3.69. The third kappa shape index (κ3) is 5.01. The molecular formula is C32H31N7O3. The molecule has 2 N–H and O–H groups in total. The summed E-state index contributed by atoms with van der Waals surface area (Å²) in [6.45, 7) is 2.90. The molecule has 212 valence electrons. The number of nitrogens with one attached hydrogen (secondary N) is 1. The minimum absolute atomic E-state index is 0.152. The van der Waals surface area contributed by atoms with Gasteiger partial charge in [-0.15, -0.1) is 5.10 Å². The summed E-state index contributed by atoms with van der Waals surface area (Å²) >= 11 is 0. The molecule has 10 nitrogen and oxygen atoms in total. The Balaban J connectivity index is 1.24. The van der Waals surface area contributed by atoms with Crippen LogP contribution in [0.25, 0.3) is 33.4 Å². The number of aliphatic carboxylic acids is 1. The van der Waals surface area contributed by atoms with Crippen LogP contribution in [-0.2, 0) is 11.3 Å². The first-order chi connectivity index (χ1) is 20.5. The van der Waals surface area contributed by atoms with Gasteiger partial charge >= 0.3 is 5.97 Å². The SMILES string of the molecule is CCCC(=O)n1nnnc1-c1ccccc1-c1ccc(CNC2(C(=O)O)CCCN2c2ccc3ccccc3n2)cc1. The molecule has 0 amide bonds. The molecule has 2 aromatic heterocycles. The molecular weight excluding hydrogens is 530 g/mol. The van der Waals surface area contributed by atoms with Crippen LogP contribution in [0.2, 0.25) is 0 Å². The van der Waals surface area contributed by atoms with Crippen molar-refractivity contribution in [3.8, 4) is 22.5 Å². The molecule has 0 radical (unpaired) electrons. The van der Waals surface area contributed by atoms with Crippen molar-refractivity contribution >= 4 is 28.6 Å². The Morgan fingerprint density at radius 1 is 0.952 bits per heavy atom. The fraction of sp³-hybridized carbons (Fsp3) is 0.250. The number of carbonyl (C=O) groups is 2. The highest BCUT2D eigenvalue weighted by atomic mass is 16.4. The molecule has 1 atom stereocenters. The molecule has 1 fully saturated rings. The predicted octanol–water partition coefficient (Wildman–Crippen LogP) is 5.17. The summed E-state index contributed by atoms with van der Waals surface area (Å²) in [5.41, 5.74) is 3.10. The van der Waals surface area contributed by atoms with Gasteiger partial charge in [-0.1, -0.05) is 73.7 Å². The molecule has 0 aliphatic carbocycles. The zero-order valence-corrected chi connectivity index (χ0v) is 23.3. The Bertz CT molecular complexity index is 1750. The van der Waals surface area contributed by atoms with E-state index in [-0.39, 0.29) is 5.91 Å². The predicted molar refractivity (Wildman–Crippen MR) is 160 cm³/mol. The van der Waals surface area contributed by atoms with E-state index in [0.29, 0.717) is 44.0 Å². The number of benzene rings is 3. The molecule has 3 aromatic carbocycles. The largest absolute Gasteiger partial charge is 0.478 e. The molecule has 1 aliphatic heterocycles. The second-order valence-electron chi connectivity index (χ2n) is 10.4. The molecule has 6 rings (SSSR count). The van der Waals surface area contributed by atoms with E-state index in [1.807, 2.05) is 96.8 Å². The van der Waals surface area contributed by atoms with Crippen LogP contribution in [0.15, 0.2) is 84.9 Å². The molecule has 1 unspecified atom stereocenters. The molecule has 0 saturated carbocycles. The zero-order chi connectivity index (χ0) is 29.1. The third-order valence-electron chi connectivity index (χ3n) is 7.78. The maximum absolute atomic E-state index is 12.7. The van der Waals surface area contributed by atoms with Gasteiger partial charge in [-0.2, -0.15) is 4.68 Å². The third-order valence-corrected chi connectivity index (χ3v) is 7.78. The Labute approximate surface area is 243 Å². The summed E-state index contributed by atoms with van der Waals surface area (Å²) in [7, 11) is 0. The number of tetrazole rings is 1. The van der Waals surface area contributed by atoms with Crippen LogP contribution in [0.3, 0.4) is 0 Å². The summed E-state index contributed by atoms with van der Waals surface area (Å²) in [5, 5.41) is 26.6. The van der Waals surface area contributed by atoms with Crippen LogP contribution in [0.4, 0.5) is 5.82 Å². The monoisotopic (exact) mass is 561 g/mol. The van der Waals surface area contributed by atoms with Crippen molar-refractivity contribution in [1.29, 1.82) is 0 Å². The van der Waals surface area contributed by atoms with Gasteiger partial charge < -0.3 is 10.0 Å². The molecule has 1 aliphatic rings. The van der Waals surface area contributed by atoms with Crippen LogP contribution in [0, 0.1) is 0 Å². The summed E-state index contributed by atoms with van der Waals surface area (Å²) in [4.78, 5) is 32.0. The van der Waals surface area contributed by atoms with E-state index in [0.717, 1.165) is 39.6 Å². The van der Waals surface area contributed by atoms with Crippen molar-refractivity contribution in [3.05, 3.63) is 90.5 Å². The number of carbonyl (C=O) groups excluding carboxylic acids is 1. The number of fused-ring (bicyclic) bond motifs is 1. The van der Waals surface area contributed by atoms with Crippen LogP contribution in [-0.4, -0.2) is 54.4 Å². The summed E-state index contributed by atoms with van der Waals surface area (Å²) in [6, 6.07) is 27.3. The fourth-order valence-corrected chi connectivity index (χ4v) is 5.64. The van der Waals surface area contributed by atoms with Gasteiger partial charge in [0.2, 0.25) is 5.91 Å². The number of rotatable bonds is 9. The fourth-order valence-electron chi connectivity index (χ4n) is 5.64. The lowest BCUT2D eigenvalue weighted by Gasteiger charge is -2.36. The van der Waals surface area contributed by atoms with Crippen LogP contribution < -0.4 is 10.2 Å². The Kier molecular flexibility index (Phi) is 7.45. The smallest absolute Gasteiger partial charge is 0.344 e. The molecule has 1 saturated heterocycles. The molecule has 3 heterocycles. The van der Waals surface area contributed by atoms with E-state index in [2.05, 4.69) is 20.8 Å². The minimum atomic E-state index is -1.26. The Hall–Kier alpha value is -4.96. The van der Waals surface area contributed by atoms with E-state index >= 15 is 0 Å². The maximum atomic E-state index is 12.7. The van der Waals surface area contributed by atoms with Crippen molar-refractivity contribution in [2.24, 2.45) is 0 Å². The van der Waals surface area contributed by atoms with Gasteiger partial charge in [-0.3, -0.25) is 10.1 Å². The molecule has 0 bridgehead atoms. The van der Waals surface area contributed by atoms with Gasteiger partial charge in [0.15, 0.2) is 11.5 Å². The highest BCUT2D eigenvalue weighted by Crippen LogP contribution is 2.34. The number of nitrogens with zero attached hydrogens (tertiary/aromatic N) is 6. The second-order valence-corrected chi connectivity index (χ2v) is 10.4. The van der Waals surface area contributed by atoms with Crippen molar-refractivity contribution in [2.45, 2.75) is 44.8 Å². The standard InChI is InChI=1S/C32H31N7O3/c1-2-8-29(40)39-30(35-36-37-39)26-11-5-4-10-25(26)23-15-13-22(14-16-23)21-33-32(31(41)42)19-7-20-38(32)28-18-17-24-9-3-6-12-27(24)34-28/h3-6,9-18,33H,2,7-8,19-21H2,1H3,(H,41,42). The summed E-state index contributed by atoms with van der Waals surface area (Å²) in [6.07, 6.45) is 2.26. The number of aromatic nitrogens is 5. The number of carboxylic acid groups (broad SMARTS) is 1. The molecule has 42 heavy (non-hydrogen) atoms. The summed E-state index contributed by atoms with van der Waals surface area (Å²) < 4.78 is 1.27. The molecule has 0 spiro atoms. The topological polar surface area (TPSA) is 126 Å². The van der Waals surface area contributed by atoms with Gasteiger partial charge in [0, 0.05) is 30.5 Å². The van der Waals surface area contributed by atoms with Gasteiger partial charge in [-0.25, -0.2) is 9.78 Å². The lowest BCUT2D eigenvalue weighted by molar-refractivity contribution is -0.144. The zero-order valence-electron chi connectivity index (χ0n) is 23.3. The number of pyridine rings is 1. The highest BCUT2D eigenvalue weighted by Gasteiger charge is 2.48. The van der Waals surface area contributed by atoms with Crippen LogP contribution in [0.5, 0.6) is 0 Å². The van der Waals surface area contributed by atoms with Gasteiger partial charge in [-0.05, 0) is 64.6 Å². The van der Waals surface area contributed by atoms with E-state index in [9.17, 15) is 14.7 Å². The number of carboxylic acids is 1. The van der Waals surface area contributed by atoms with Gasteiger partial charge in [0.05, 0.1) is 5.52 Å². The highest BCUT2D eigenvalue weighted by molar-refractivity contribution is 5.87. The Morgan fingerprint density at radius 2 is 1.71 bits per heavy atom. The minimum Gasteiger partial charge on any atom is -0.478 e. The van der Waals surface area contributed by atoms with Crippen LogP contribution in [0.1, 0.15) is 43.0 Å². The lowest BCUT2D eigenvalue weighted by Crippen LogP contribution is -2.61. The first-order valence-corrected chi connectivity index (χ1v) is 14.1. The average molecular weight is 562 g/mol. The van der Waals surface area contributed by atoms with Crippen molar-refractivity contribution in [1.82, 2.24) is 30.5 Å². The van der Waals surface area contributed by atoms with Crippen LogP contribution >= 0.6 is 0 Å². The van der Waals surface area contributed by atoms with E-state index in [4.69, 9.17) is 4.98 Å². The number of hydrogen-bond donors (Lipinski definition) is 2. The second kappa shape index (κ2) is 11.5. The molecule has 5 aromatic rings. The summed E-state index contributed by atoms with van der Waals surface area (Å²) in [5.74, 6) is -0.0218. The van der Waals surface area contributed by atoms with E-state index in [1.54, 1.807) is 0 Å². The van der Waals surface area contributed by atoms with Gasteiger partial charge in [0.1, 0.15) is 5.82 Å². The Morgan fingerprint density at radius 3 is 2.50 bits per heavy atom. The number of hydrogen-bond acceptors (Lipinski definition) is 8. The van der Waals surface area contributed by atoms with E-state index < -0.39 is 11.6 Å².